The number of piperidine rings is 1. The molecule has 0 aliphatic carbocycles. The molecule has 1 aromatic heterocycles. The number of nitrogens with zero attached hydrogens (tertiary/aromatic N) is 2. The third-order valence-corrected chi connectivity index (χ3v) is 5.91. The van der Waals surface area contributed by atoms with Crippen LogP contribution in [0.5, 0.6) is 11.5 Å². The van der Waals surface area contributed by atoms with Gasteiger partial charge in [0.25, 0.3) is 0 Å². The Labute approximate surface area is 188 Å². The second-order valence-electron chi connectivity index (χ2n) is 7.81. The molecule has 0 bridgehead atoms. The van der Waals surface area contributed by atoms with Crippen LogP contribution in [-0.2, 0) is 17.4 Å². The van der Waals surface area contributed by atoms with E-state index < -0.39 is 11.7 Å². The van der Waals surface area contributed by atoms with E-state index in [-0.39, 0.29) is 16.8 Å². The molecule has 32 heavy (non-hydrogen) atoms. The minimum atomic E-state index is -4.49. The molecule has 1 saturated heterocycles. The molecule has 0 spiro atoms. The summed E-state index contributed by atoms with van der Waals surface area (Å²) in [5, 5.41) is 2.94. The second kappa shape index (κ2) is 9.44. The average Bonchev–Trinajstić information content (AvgIpc) is 2.78. The van der Waals surface area contributed by atoms with E-state index in [9.17, 15) is 18.0 Å². The van der Waals surface area contributed by atoms with Gasteiger partial charge in [-0.15, -0.1) is 0 Å². The number of carbonyl (C=O) groups is 1. The summed E-state index contributed by atoms with van der Waals surface area (Å²) in [4.78, 5) is 18.3. The minimum Gasteiger partial charge on any atom is -0.486 e. The number of anilines is 1. The van der Waals surface area contributed by atoms with E-state index in [0.29, 0.717) is 57.9 Å². The number of carbonyl (C=O) groups excluding carboxylic acids is 1. The highest BCUT2D eigenvalue weighted by Gasteiger charge is 2.33. The molecule has 0 saturated carbocycles. The SMILES string of the molecule is O=C(NCCc1ccc2c(c1)OCCO2)C1CCN(c2ncc(C(F)(F)F)cc2Cl)CC1. The first kappa shape index (κ1) is 22.5. The Morgan fingerprint density at radius 3 is 2.56 bits per heavy atom. The molecule has 0 atom stereocenters. The number of alkyl halides is 3. The van der Waals surface area contributed by atoms with Crippen LogP contribution >= 0.6 is 11.6 Å². The smallest absolute Gasteiger partial charge is 0.417 e. The summed E-state index contributed by atoms with van der Waals surface area (Å²) in [6.45, 7) is 2.57. The van der Waals surface area contributed by atoms with Gasteiger partial charge in [-0.1, -0.05) is 17.7 Å². The van der Waals surface area contributed by atoms with Gasteiger partial charge in [0.2, 0.25) is 5.91 Å². The molecule has 4 rings (SSSR count). The molecule has 1 amide bonds. The van der Waals surface area contributed by atoms with Crippen LogP contribution in [0.2, 0.25) is 5.02 Å². The zero-order chi connectivity index (χ0) is 22.7. The Morgan fingerprint density at radius 1 is 1.16 bits per heavy atom. The zero-order valence-electron chi connectivity index (χ0n) is 17.3. The monoisotopic (exact) mass is 469 g/mol. The first-order valence-corrected chi connectivity index (χ1v) is 10.8. The number of aromatic nitrogens is 1. The largest absolute Gasteiger partial charge is 0.486 e. The summed E-state index contributed by atoms with van der Waals surface area (Å²) in [5.74, 6) is 1.60. The molecule has 2 aliphatic rings. The van der Waals surface area contributed by atoms with Gasteiger partial charge in [-0.3, -0.25) is 4.79 Å². The van der Waals surface area contributed by atoms with Gasteiger partial charge in [0.15, 0.2) is 11.5 Å². The summed E-state index contributed by atoms with van der Waals surface area (Å²) in [7, 11) is 0. The van der Waals surface area contributed by atoms with Crippen molar-refractivity contribution in [1.82, 2.24) is 10.3 Å². The number of halogens is 4. The first-order chi connectivity index (χ1) is 15.3. The Kier molecular flexibility index (Phi) is 6.64. The van der Waals surface area contributed by atoms with Crippen molar-refractivity contribution in [1.29, 1.82) is 0 Å². The number of rotatable bonds is 5. The van der Waals surface area contributed by atoms with Gasteiger partial charge in [-0.05, 0) is 43.0 Å². The molecule has 3 heterocycles. The fourth-order valence-corrected chi connectivity index (χ4v) is 4.18. The number of fused-ring (bicyclic) bond motifs is 1. The highest BCUT2D eigenvalue weighted by atomic mass is 35.5. The van der Waals surface area contributed by atoms with E-state index in [1.165, 1.54) is 0 Å². The van der Waals surface area contributed by atoms with Crippen molar-refractivity contribution < 1.29 is 27.4 Å². The van der Waals surface area contributed by atoms with Crippen LogP contribution in [-0.4, -0.2) is 43.7 Å². The summed E-state index contributed by atoms with van der Waals surface area (Å²) < 4.78 is 49.5. The predicted molar refractivity (Wildman–Crippen MR) is 113 cm³/mol. The van der Waals surface area contributed by atoms with Crippen LogP contribution in [0, 0.1) is 5.92 Å². The molecule has 2 aromatic rings. The van der Waals surface area contributed by atoms with Gasteiger partial charge in [0, 0.05) is 31.7 Å². The Hall–Kier alpha value is -2.68. The van der Waals surface area contributed by atoms with E-state index in [2.05, 4.69) is 10.3 Å². The van der Waals surface area contributed by atoms with Gasteiger partial charge in [-0.25, -0.2) is 4.98 Å². The molecule has 10 heteroatoms. The lowest BCUT2D eigenvalue weighted by atomic mass is 9.95. The van der Waals surface area contributed by atoms with Crippen molar-refractivity contribution in [3.8, 4) is 11.5 Å². The van der Waals surface area contributed by atoms with Crippen LogP contribution in [0.3, 0.4) is 0 Å². The first-order valence-electron chi connectivity index (χ1n) is 10.4. The maximum Gasteiger partial charge on any atom is 0.417 e. The van der Waals surface area contributed by atoms with Gasteiger partial charge in [0.1, 0.15) is 19.0 Å². The molecular weight excluding hydrogens is 447 g/mol. The van der Waals surface area contributed by atoms with Gasteiger partial charge in [0.05, 0.1) is 10.6 Å². The van der Waals surface area contributed by atoms with Crippen LogP contribution < -0.4 is 19.7 Å². The summed E-state index contributed by atoms with van der Waals surface area (Å²) >= 11 is 6.04. The standard InChI is InChI=1S/C22H23ClF3N3O3/c23-17-12-16(22(24,25)26)13-28-20(17)29-7-4-15(5-8-29)21(30)27-6-3-14-1-2-18-19(11-14)32-10-9-31-18/h1-2,11-13,15H,3-10H2,(H,27,30). The molecule has 172 valence electrons. The zero-order valence-corrected chi connectivity index (χ0v) is 18.0. The lowest BCUT2D eigenvalue weighted by Gasteiger charge is -2.32. The second-order valence-corrected chi connectivity index (χ2v) is 8.21. The predicted octanol–water partition coefficient (Wildman–Crippen LogP) is 4.10. The Bertz CT molecular complexity index is 979. The molecular formula is C22H23ClF3N3O3. The van der Waals surface area contributed by atoms with Crippen LogP contribution in [0.15, 0.2) is 30.5 Å². The van der Waals surface area contributed by atoms with Gasteiger partial charge in [-0.2, -0.15) is 13.2 Å². The highest BCUT2D eigenvalue weighted by molar-refractivity contribution is 6.33. The third-order valence-electron chi connectivity index (χ3n) is 5.63. The van der Waals surface area contributed by atoms with Crippen molar-refractivity contribution >= 4 is 23.3 Å². The van der Waals surface area contributed by atoms with Crippen molar-refractivity contribution in [3.63, 3.8) is 0 Å². The summed E-state index contributed by atoms with van der Waals surface area (Å²) in [6.07, 6.45) is -1.87. The minimum absolute atomic E-state index is 0.0198. The maximum atomic E-state index is 12.8. The summed E-state index contributed by atoms with van der Waals surface area (Å²) in [5.41, 5.74) is 0.172. The normalized spacial score (nSPS) is 16.7. The number of benzene rings is 1. The van der Waals surface area contributed by atoms with Crippen molar-refractivity contribution in [2.24, 2.45) is 5.92 Å². The molecule has 2 aliphatic heterocycles. The molecule has 1 aromatic carbocycles. The molecule has 0 radical (unpaired) electrons. The Balaban J connectivity index is 1.25. The van der Waals surface area contributed by atoms with Crippen LogP contribution in [0.1, 0.15) is 24.0 Å². The molecule has 6 nitrogen and oxygen atoms in total. The fourth-order valence-electron chi connectivity index (χ4n) is 3.89. The molecule has 0 unspecified atom stereocenters. The number of ether oxygens (including phenoxy) is 2. The van der Waals surface area contributed by atoms with Crippen LogP contribution in [0.25, 0.3) is 0 Å². The van der Waals surface area contributed by atoms with Crippen molar-refractivity contribution in [3.05, 3.63) is 46.6 Å². The quantitative estimate of drug-likeness (QED) is 0.714. The van der Waals surface area contributed by atoms with E-state index in [1.807, 2.05) is 23.1 Å². The maximum absolute atomic E-state index is 12.8. The molecule has 1 N–H and O–H groups in total. The van der Waals surface area contributed by atoms with Gasteiger partial charge < -0.3 is 19.7 Å². The fraction of sp³-hybridized carbons (Fsp3) is 0.455. The number of hydrogen-bond donors (Lipinski definition) is 1. The van der Waals surface area contributed by atoms with Crippen LogP contribution in [0.4, 0.5) is 19.0 Å². The summed E-state index contributed by atoms with van der Waals surface area (Å²) in [6, 6.07) is 6.65. The third kappa shape index (κ3) is 5.20. The Morgan fingerprint density at radius 2 is 1.88 bits per heavy atom. The number of nitrogens with one attached hydrogen (secondary N) is 1. The lowest BCUT2D eigenvalue weighted by molar-refractivity contribution is -0.137. The highest BCUT2D eigenvalue weighted by Crippen LogP contribution is 2.35. The number of pyridine rings is 1. The number of hydrogen-bond acceptors (Lipinski definition) is 5. The topological polar surface area (TPSA) is 63.7 Å². The molecule has 1 fully saturated rings. The number of amides is 1. The van der Waals surface area contributed by atoms with Gasteiger partial charge >= 0.3 is 6.18 Å². The van der Waals surface area contributed by atoms with E-state index in [0.717, 1.165) is 29.3 Å². The van der Waals surface area contributed by atoms with Crippen molar-refractivity contribution in [2.75, 3.05) is 37.7 Å². The van der Waals surface area contributed by atoms with E-state index in [1.54, 1.807) is 0 Å². The van der Waals surface area contributed by atoms with E-state index >= 15 is 0 Å². The van der Waals surface area contributed by atoms with Crippen molar-refractivity contribution in [2.45, 2.75) is 25.4 Å². The lowest BCUT2D eigenvalue weighted by Crippen LogP contribution is -2.41. The average molecular weight is 470 g/mol. The van der Waals surface area contributed by atoms with E-state index in [4.69, 9.17) is 21.1 Å².